The van der Waals surface area contributed by atoms with Crippen LogP contribution in [-0.2, 0) is 23.9 Å². The van der Waals surface area contributed by atoms with E-state index in [1.807, 2.05) is 19.9 Å². The van der Waals surface area contributed by atoms with Crippen molar-refractivity contribution in [1.82, 2.24) is 5.32 Å². The monoisotopic (exact) mass is 516 g/mol. The van der Waals surface area contributed by atoms with E-state index in [0.717, 1.165) is 38.5 Å². The van der Waals surface area contributed by atoms with E-state index in [0.29, 0.717) is 31.6 Å². The third-order valence-corrected chi connectivity index (χ3v) is 6.58. The minimum atomic E-state index is -0.671. The number of amides is 1. The zero-order chi connectivity index (χ0) is 26.8. The lowest BCUT2D eigenvalue weighted by Gasteiger charge is -2.37. The first-order valence-electron chi connectivity index (χ1n) is 14.2. The SMILES string of the molecule is CCCCC/C=C\C/C=C\C[C@@H](C[C@@H]1OC(=O)[C@H]1CC[13CH2][13CH2][13CH]([13CH3])[13CH3])O[13C](=O)[13C@H]([13CH2][13CH]([13CH3])[13CH3])NC=O. The Hall–Kier alpha value is -2.11. The van der Waals surface area contributed by atoms with Gasteiger partial charge in [0.05, 0.1) is 5.92 Å². The van der Waals surface area contributed by atoms with Crippen molar-refractivity contribution >= 4 is 18.3 Å². The number of rotatable bonds is 21. The highest BCUT2D eigenvalue weighted by Crippen LogP contribution is 2.32. The number of carbonyl (C=O) groups excluding carboxylic acids is 3. The zero-order valence-electron chi connectivity index (χ0n) is 23.4. The molecule has 6 heteroatoms. The van der Waals surface area contributed by atoms with Gasteiger partial charge in [-0.2, -0.15) is 0 Å². The molecule has 4 atom stereocenters. The summed E-state index contributed by atoms with van der Waals surface area (Å²) in [5.74, 6) is 0.214. The van der Waals surface area contributed by atoms with Crippen LogP contribution in [0.2, 0.25) is 0 Å². The molecule has 1 aliphatic heterocycles. The van der Waals surface area contributed by atoms with Crippen molar-refractivity contribution in [3.8, 4) is 0 Å². The molecule has 0 aromatic rings. The average Bonchev–Trinajstić information content (AvgIpc) is 2.81. The lowest BCUT2D eigenvalue weighted by molar-refractivity contribution is -0.190. The van der Waals surface area contributed by atoms with E-state index >= 15 is 0 Å². The van der Waals surface area contributed by atoms with Crippen LogP contribution in [0.3, 0.4) is 0 Å². The van der Waals surface area contributed by atoms with Crippen LogP contribution in [-0.4, -0.2) is 36.6 Å². The first-order chi connectivity index (χ1) is 17.3. The van der Waals surface area contributed by atoms with E-state index in [1.54, 1.807) is 0 Å². The number of carbonyl (C=O) groups is 3. The number of hydrogen-bond acceptors (Lipinski definition) is 5. The molecule has 6 nitrogen and oxygen atoms in total. The van der Waals surface area contributed by atoms with Crippen molar-refractivity contribution in [2.45, 2.75) is 130 Å². The molecule has 1 heterocycles. The van der Waals surface area contributed by atoms with Crippen molar-refractivity contribution in [3.05, 3.63) is 24.3 Å². The first-order valence-corrected chi connectivity index (χ1v) is 14.2. The largest absolute Gasteiger partial charge is 0.461 e. The van der Waals surface area contributed by atoms with E-state index < -0.39 is 18.1 Å². The van der Waals surface area contributed by atoms with Gasteiger partial charge in [0.15, 0.2) is 0 Å². The fraction of sp³-hybridized carbons (Fsp3) is 0.767. The van der Waals surface area contributed by atoms with Gasteiger partial charge in [-0.15, -0.1) is 0 Å². The van der Waals surface area contributed by atoms with Gasteiger partial charge in [0.1, 0.15) is 18.2 Å². The lowest BCUT2D eigenvalue weighted by atomic mass is 9.88. The van der Waals surface area contributed by atoms with Crippen molar-refractivity contribution in [2.24, 2.45) is 17.8 Å². The summed E-state index contributed by atoms with van der Waals surface area (Å²) in [6, 6.07) is -0.671. The smallest absolute Gasteiger partial charge is 0.328 e. The summed E-state index contributed by atoms with van der Waals surface area (Å²) < 4.78 is 11.3. The Labute approximate surface area is 219 Å². The maximum Gasteiger partial charge on any atom is 0.328 e. The van der Waals surface area contributed by atoms with Gasteiger partial charge < -0.3 is 14.8 Å². The van der Waals surface area contributed by atoms with Crippen LogP contribution in [0.5, 0.6) is 0 Å². The molecule has 1 fully saturated rings. The topological polar surface area (TPSA) is 81.7 Å². The summed E-state index contributed by atoms with van der Waals surface area (Å²) in [4.78, 5) is 36.0. The maximum absolute atomic E-state index is 12.9. The Balaban J connectivity index is 2.70. The highest BCUT2D eigenvalue weighted by Gasteiger charge is 2.43. The molecule has 0 saturated carbocycles. The number of ether oxygens (including phenoxy) is 2. The number of esters is 2. The van der Waals surface area contributed by atoms with Gasteiger partial charge in [-0.05, 0) is 43.9 Å². The van der Waals surface area contributed by atoms with E-state index in [-0.39, 0.29) is 23.9 Å². The third-order valence-electron chi connectivity index (χ3n) is 6.58. The third kappa shape index (κ3) is 13.8. The Morgan fingerprint density at radius 1 is 1.03 bits per heavy atom. The molecule has 0 aliphatic carbocycles. The minimum absolute atomic E-state index is 0.118. The zero-order valence-corrected chi connectivity index (χ0v) is 23.4. The van der Waals surface area contributed by atoms with Gasteiger partial charge in [-0.3, -0.25) is 9.59 Å². The highest BCUT2D eigenvalue weighted by atomic mass is 16.6. The summed E-state index contributed by atoms with van der Waals surface area (Å²) in [7, 11) is 0. The number of unbranched alkanes of at least 4 members (excludes halogenated alkanes) is 4. The van der Waals surface area contributed by atoms with Gasteiger partial charge in [-0.25, -0.2) is 4.79 Å². The molecule has 0 unspecified atom stereocenters. The van der Waals surface area contributed by atoms with Crippen LogP contribution < -0.4 is 5.32 Å². The quantitative estimate of drug-likeness (QED) is 0.0605. The molecule has 0 aromatic carbocycles. The van der Waals surface area contributed by atoms with Gasteiger partial charge in [0.25, 0.3) is 0 Å². The summed E-state index contributed by atoms with van der Waals surface area (Å²) in [5, 5.41) is 2.60. The van der Waals surface area contributed by atoms with Crippen molar-refractivity contribution in [1.29, 1.82) is 0 Å². The van der Waals surface area contributed by atoms with Gasteiger partial charge >= 0.3 is 11.9 Å². The molecule has 1 rings (SSSR count). The molecular weight excluding hydrogens is 465 g/mol. The van der Waals surface area contributed by atoms with Crippen LogP contribution in [0.1, 0.15) is 112 Å². The van der Waals surface area contributed by atoms with Crippen molar-refractivity contribution in [2.75, 3.05) is 0 Å². The number of nitrogens with one attached hydrogen (secondary N) is 1. The van der Waals surface area contributed by atoms with Gasteiger partial charge in [0, 0.05) is 12.8 Å². The lowest BCUT2D eigenvalue weighted by Crippen LogP contribution is -2.48. The fourth-order valence-electron chi connectivity index (χ4n) is 4.46. The second kappa shape index (κ2) is 19.1. The van der Waals surface area contributed by atoms with Crippen LogP contribution >= 0.6 is 0 Å². The summed E-state index contributed by atoms with van der Waals surface area (Å²) in [6.07, 6.45) is 19.7. The fourth-order valence-corrected chi connectivity index (χ4v) is 4.46. The van der Waals surface area contributed by atoms with Crippen LogP contribution in [0.4, 0.5) is 0 Å². The standard InChI is InChI=1S/C30H51NO5/c1-6-7-8-9-10-11-12-13-14-18-25(35-30(34)27(31-22-32)20-24(4)5)21-28-26(29(33)36-28)19-16-15-17-23(2)3/h10-11,13-14,22-28H,6-9,12,15-21H2,1-5H3,(H,31,32)/b11-10-,14-13-/t25-,26-,27-,28-/m0/s1/i2+1,3+1,4+1,5+1,15+1,17+1,20+1,23+1,24+1,27+1,30+1. The van der Waals surface area contributed by atoms with Crippen LogP contribution in [0.15, 0.2) is 24.3 Å². The average molecular weight is 517 g/mol. The Morgan fingerprint density at radius 3 is 2.42 bits per heavy atom. The van der Waals surface area contributed by atoms with Crippen LogP contribution in [0.25, 0.3) is 0 Å². The Bertz CT molecular complexity index is 685. The molecular formula is C30H51NO5. The van der Waals surface area contributed by atoms with E-state index in [9.17, 15) is 14.4 Å². The van der Waals surface area contributed by atoms with E-state index in [2.05, 4.69) is 44.3 Å². The minimum Gasteiger partial charge on any atom is -0.461 e. The van der Waals surface area contributed by atoms with Gasteiger partial charge in [-0.1, -0.05) is 91.0 Å². The molecule has 0 aromatic heterocycles. The van der Waals surface area contributed by atoms with Gasteiger partial charge in [0.2, 0.25) is 6.41 Å². The molecule has 0 bridgehead atoms. The number of cyclic esters (lactones) is 1. The number of allylic oxidation sites excluding steroid dienone is 3. The molecule has 36 heavy (non-hydrogen) atoms. The van der Waals surface area contributed by atoms with E-state index in [4.69, 9.17) is 9.47 Å². The van der Waals surface area contributed by atoms with E-state index in [1.165, 1.54) is 19.3 Å². The predicted molar refractivity (Wildman–Crippen MR) is 145 cm³/mol. The molecule has 206 valence electrons. The summed E-state index contributed by atoms with van der Waals surface area (Å²) in [5.41, 5.74) is 0. The number of hydrogen-bond donors (Lipinski definition) is 1. The Morgan fingerprint density at radius 2 is 1.78 bits per heavy atom. The molecule has 1 saturated heterocycles. The maximum atomic E-state index is 12.9. The highest BCUT2D eigenvalue weighted by molar-refractivity contribution is 5.79. The van der Waals surface area contributed by atoms with Crippen LogP contribution in [0, 0.1) is 17.8 Å². The summed E-state index contributed by atoms with van der Waals surface area (Å²) >= 11 is 0. The Kier molecular flexibility index (Phi) is 16.9. The molecule has 0 radical (unpaired) electrons. The van der Waals surface area contributed by atoms with Crippen molar-refractivity contribution < 1.29 is 23.9 Å². The second-order valence-electron chi connectivity index (χ2n) is 10.9. The van der Waals surface area contributed by atoms with Crippen molar-refractivity contribution in [3.63, 3.8) is 0 Å². The second-order valence-corrected chi connectivity index (χ2v) is 10.9. The first kappa shape index (κ1) is 31.9. The molecule has 0 spiro atoms. The molecule has 1 amide bonds. The molecule has 1 N–H and O–H groups in total. The summed E-state index contributed by atoms with van der Waals surface area (Å²) in [6.45, 7) is 10.6. The molecule has 1 aliphatic rings. The normalized spacial score (nSPS) is 19.5. The predicted octanol–water partition coefficient (Wildman–Crippen LogP) is 6.68.